The van der Waals surface area contributed by atoms with Crippen LogP contribution >= 0.6 is 0 Å². The molecule has 50 heavy (non-hydrogen) atoms. The van der Waals surface area contributed by atoms with E-state index >= 15 is 0 Å². The fourth-order valence-electron chi connectivity index (χ4n) is 4.36. The van der Waals surface area contributed by atoms with Crippen LogP contribution in [0.15, 0.2) is 0 Å². The molecule has 0 aromatic heterocycles. The van der Waals surface area contributed by atoms with Crippen molar-refractivity contribution in [2.45, 2.75) is 231 Å². The molecule has 2 N–H and O–H groups in total. The highest BCUT2D eigenvalue weighted by atomic mass is 28.4. The van der Waals surface area contributed by atoms with E-state index < -0.39 is 53.6 Å². The van der Waals surface area contributed by atoms with Crippen molar-refractivity contribution in [3.63, 3.8) is 0 Å². The van der Waals surface area contributed by atoms with Gasteiger partial charge in [0.2, 0.25) is 0 Å². The van der Waals surface area contributed by atoms with E-state index in [4.69, 9.17) is 17.7 Å². The highest BCUT2D eigenvalue weighted by Crippen LogP contribution is 2.42. The van der Waals surface area contributed by atoms with Gasteiger partial charge in [0.1, 0.15) is 14.2 Å². The minimum Gasteiger partial charge on any atom is -0.414 e. The van der Waals surface area contributed by atoms with Gasteiger partial charge in [0.25, 0.3) is 0 Å². The van der Waals surface area contributed by atoms with E-state index in [1.54, 1.807) is 0 Å². The minimum atomic E-state index is -2.21. The summed E-state index contributed by atoms with van der Waals surface area (Å²) in [6.07, 6.45) is -0.547. The van der Waals surface area contributed by atoms with E-state index in [1.807, 2.05) is 0 Å². The number of hydrogen-bond donors (Lipinski definition) is 2. The molecule has 0 aliphatic carbocycles. The van der Waals surface area contributed by atoms with Crippen LogP contribution < -0.4 is 0 Å². The van der Waals surface area contributed by atoms with Crippen LogP contribution in [0.2, 0.25) is 92.2 Å². The Morgan fingerprint density at radius 3 is 1.20 bits per heavy atom. The van der Waals surface area contributed by atoms with Crippen LogP contribution in [0, 0.1) is 11.5 Å². The summed E-state index contributed by atoms with van der Waals surface area (Å²) in [6, 6.07) is 0. The third-order valence-electron chi connectivity index (χ3n) is 11.9. The standard InChI is InChI=1S/C39H86O6Si5/c1-36(2,3)47(16,17)42-30-35(45-50(22,23)39(10,11)12)29-34(44-49(20,21)38(7,8)9)28-32(41)26-31(40)27-33(24-25-46(13,14)15)43-48(18,19)37(4,5)6/h31-35,40-41H,26-30H2,1-23H3/t31-,32+,33-,34-,35-/m1/s1. The summed E-state index contributed by atoms with van der Waals surface area (Å²) >= 11 is 0. The fourth-order valence-corrected chi connectivity index (χ4v) is 9.94. The largest absolute Gasteiger partial charge is 0.414 e. The molecule has 0 amide bonds. The lowest BCUT2D eigenvalue weighted by atomic mass is 9.99. The molecule has 0 aromatic rings. The Morgan fingerprint density at radius 2 is 0.820 bits per heavy atom. The molecule has 0 saturated carbocycles. The van der Waals surface area contributed by atoms with Gasteiger partial charge in [0.05, 0.1) is 31.0 Å². The van der Waals surface area contributed by atoms with Gasteiger partial charge < -0.3 is 27.9 Å². The van der Waals surface area contributed by atoms with Crippen LogP contribution in [0.4, 0.5) is 0 Å². The van der Waals surface area contributed by atoms with Crippen LogP contribution in [0.25, 0.3) is 0 Å². The maximum atomic E-state index is 11.6. The second-order valence-corrected chi connectivity index (χ2v) is 46.0. The summed E-state index contributed by atoms with van der Waals surface area (Å²) in [4.78, 5) is 0. The Hall–Kier alpha value is 0.404. The van der Waals surface area contributed by atoms with E-state index in [0.717, 1.165) is 0 Å². The Bertz CT molecular complexity index is 1090. The first kappa shape index (κ1) is 50.4. The molecular formula is C39H86O6Si5. The molecule has 0 saturated heterocycles. The molecule has 0 radical (unpaired) electrons. The summed E-state index contributed by atoms with van der Waals surface area (Å²) in [5.74, 6) is 3.42. The van der Waals surface area contributed by atoms with E-state index in [2.05, 4.69) is 167 Å². The van der Waals surface area contributed by atoms with Crippen molar-refractivity contribution < 1.29 is 27.9 Å². The number of aliphatic hydroxyl groups is 2. The van der Waals surface area contributed by atoms with Gasteiger partial charge in [-0.3, -0.25) is 0 Å². The molecule has 5 atom stereocenters. The van der Waals surface area contributed by atoms with Crippen molar-refractivity contribution >= 4 is 41.3 Å². The smallest absolute Gasteiger partial charge is 0.193 e. The summed E-state index contributed by atoms with van der Waals surface area (Å²) in [5.41, 5.74) is 3.49. The van der Waals surface area contributed by atoms with Gasteiger partial charge in [-0.15, -0.1) is 5.54 Å². The first-order valence-electron chi connectivity index (χ1n) is 19.3. The SMILES string of the molecule is CC(C)(C)[Si](C)(C)OC[C@@H](C[C@@H](C[C@@H](O)C[C@@H](O)C[C@@H](C#C[Si](C)(C)C)O[Si](C)(C)C(C)(C)C)O[Si](C)(C)C(C)(C)C)O[Si](C)(C)C(C)(C)C. The zero-order chi connectivity index (χ0) is 40.2. The molecule has 0 aliphatic heterocycles. The summed E-state index contributed by atoms with van der Waals surface area (Å²) in [5, 5.41) is 23.2. The molecule has 0 aliphatic rings. The molecule has 6 nitrogen and oxygen atoms in total. The predicted molar refractivity (Wildman–Crippen MR) is 231 cm³/mol. The molecule has 0 spiro atoms. The summed E-state index contributed by atoms with van der Waals surface area (Å²) < 4.78 is 27.7. The predicted octanol–water partition coefficient (Wildman–Crippen LogP) is 11.3. The number of hydrogen-bond acceptors (Lipinski definition) is 6. The van der Waals surface area contributed by atoms with Crippen molar-refractivity contribution in [3.8, 4) is 11.5 Å². The molecule has 0 aromatic carbocycles. The van der Waals surface area contributed by atoms with E-state index in [9.17, 15) is 10.2 Å². The molecule has 0 fully saturated rings. The van der Waals surface area contributed by atoms with Gasteiger partial charge in [-0.05, 0) is 91.8 Å². The number of aliphatic hydroxyl groups excluding tert-OH is 2. The van der Waals surface area contributed by atoms with Gasteiger partial charge in [0, 0.05) is 6.42 Å². The van der Waals surface area contributed by atoms with Crippen molar-refractivity contribution in [2.24, 2.45) is 0 Å². The lowest BCUT2D eigenvalue weighted by Gasteiger charge is -2.44. The first-order chi connectivity index (χ1) is 21.7. The quantitative estimate of drug-likeness (QED) is 0.113. The molecule has 11 heteroatoms. The molecule has 0 rings (SSSR count). The molecular weight excluding hydrogens is 705 g/mol. The van der Waals surface area contributed by atoms with Gasteiger partial charge in [-0.25, -0.2) is 0 Å². The maximum Gasteiger partial charge on any atom is 0.193 e. The van der Waals surface area contributed by atoms with Crippen LogP contribution in [-0.4, -0.2) is 88.7 Å². The van der Waals surface area contributed by atoms with Crippen molar-refractivity contribution in [3.05, 3.63) is 0 Å². The molecule has 0 heterocycles. The van der Waals surface area contributed by atoms with Crippen LogP contribution in [0.5, 0.6) is 0 Å². The average Bonchev–Trinajstić information content (AvgIpc) is 2.81. The zero-order valence-electron chi connectivity index (χ0n) is 37.4. The van der Waals surface area contributed by atoms with E-state index in [-0.39, 0.29) is 44.9 Å². The van der Waals surface area contributed by atoms with Crippen LogP contribution in [0.3, 0.4) is 0 Å². The second kappa shape index (κ2) is 17.9. The van der Waals surface area contributed by atoms with Gasteiger partial charge in [-0.1, -0.05) is 109 Å². The molecule has 298 valence electrons. The summed E-state index contributed by atoms with van der Waals surface area (Å²) in [6.45, 7) is 52.5. The Labute approximate surface area is 317 Å². The van der Waals surface area contributed by atoms with E-state index in [0.29, 0.717) is 25.9 Å². The Morgan fingerprint density at radius 1 is 0.460 bits per heavy atom. The van der Waals surface area contributed by atoms with Crippen LogP contribution in [0.1, 0.15) is 109 Å². The van der Waals surface area contributed by atoms with Crippen molar-refractivity contribution in [2.75, 3.05) is 6.61 Å². The highest BCUT2D eigenvalue weighted by molar-refractivity contribution is 6.84. The van der Waals surface area contributed by atoms with E-state index in [1.165, 1.54) is 0 Å². The lowest BCUT2D eigenvalue weighted by Crippen LogP contribution is -2.50. The first-order valence-corrected chi connectivity index (χ1v) is 34.4. The third-order valence-corrected chi connectivity index (χ3v) is 30.9. The zero-order valence-corrected chi connectivity index (χ0v) is 42.4. The molecule has 0 bridgehead atoms. The van der Waals surface area contributed by atoms with Gasteiger partial charge >= 0.3 is 0 Å². The van der Waals surface area contributed by atoms with Gasteiger partial charge in [0.15, 0.2) is 33.3 Å². The third kappa shape index (κ3) is 17.3. The van der Waals surface area contributed by atoms with Crippen LogP contribution in [-0.2, 0) is 17.7 Å². The maximum absolute atomic E-state index is 11.6. The minimum absolute atomic E-state index is 0.00643. The fraction of sp³-hybridized carbons (Fsp3) is 0.949. The monoisotopic (exact) mass is 791 g/mol. The Kier molecular flexibility index (Phi) is 18.0. The molecule has 0 unspecified atom stereocenters. The van der Waals surface area contributed by atoms with Gasteiger partial charge in [-0.2, -0.15) is 0 Å². The topological polar surface area (TPSA) is 77.4 Å². The Balaban J connectivity index is 6.43. The number of rotatable bonds is 17. The summed E-state index contributed by atoms with van der Waals surface area (Å²) in [7, 11) is -10.1. The second-order valence-electron chi connectivity index (χ2n) is 22.2. The lowest BCUT2D eigenvalue weighted by molar-refractivity contribution is 0.00964. The average molecular weight is 792 g/mol. The normalized spacial score (nSPS) is 17.9. The highest BCUT2D eigenvalue weighted by Gasteiger charge is 2.44. The van der Waals surface area contributed by atoms with Crippen molar-refractivity contribution in [1.82, 2.24) is 0 Å². The van der Waals surface area contributed by atoms with Crippen molar-refractivity contribution in [1.29, 1.82) is 0 Å².